The Kier molecular flexibility index (Phi) is 6.88. The normalized spacial score (nSPS) is 14.0. The molecule has 0 aliphatic rings. The second-order valence-electron chi connectivity index (χ2n) is 15.6. The number of rotatable bonds is 8. The molecule has 0 unspecified atom stereocenters. The molecule has 3 heteroatoms. The summed E-state index contributed by atoms with van der Waals surface area (Å²) < 4.78 is 97.0. The lowest BCUT2D eigenvalue weighted by atomic mass is 9.95. The first kappa shape index (κ1) is 28.1. The molecule has 0 bridgehead atoms. The van der Waals surface area contributed by atoms with Gasteiger partial charge in [0, 0.05) is 42.1 Å². The molecule has 63 heavy (non-hydrogen) atoms. The Labute approximate surface area is 386 Å². The predicted molar refractivity (Wildman–Crippen MR) is 274 cm³/mol. The first-order valence-corrected chi connectivity index (χ1v) is 23.7. The predicted octanol–water partition coefficient (Wildman–Crippen LogP) is 13.5. The quantitative estimate of drug-likeness (QED) is 0.106. The van der Waals surface area contributed by atoms with Crippen LogP contribution in [0.2, 0.25) is 0 Å². The monoisotopic (exact) mass is 845 g/mol. The third-order valence-electron chi connectivity index (χ3n) is 12.3. The Morgan fingerprint density at radius 1 is 0.365 bits per heavy atom. The third kappa shape index (κ3) is 6.04. The Morgan fingerprint density at radius 2 is 0.873 bits per heavy atom. The highest BCUT2D eigenvalue weighted by Gasteiger charge is 2.42. The Balaban J connectivity index is 1.30. The number of aromatic nitrogens is 1. The van der Waals surface area contributed by atoms with Crippen LogP contribution >= 0.6 is 11.3 Å². The fourth-order valence-electron chi connectivity index (χ4n) is 9.66. The van der Waals surface area contributed by atoms with Crippen LogP contribution in [0.1, 0.15) is 13.7 Å². The Bertz CT molecular complexity index is 3970. The topological polar surface area (TPSA) is 4.93 Å². The van der Waals surface area contributed by atoms with Crippen molar-refractivity contribution in [1.82, 2.24) is 4.57 Å². The number of thiophene rings is 1. The van der Waals surface area contributed by atoms with Gasteiger partial charge in [-0.15, -0.1) is 11.3 Å². The van der Waals surface area contributed by atoms with E-state index in [1.165, 1.54) is 10.1 Å². The van der Waals surface area contributed by atoms with Crippen molar-refractivity contribution >= 4 is 82.1 Å². The zero-order valence-corrected chi connectivity index (χ0v) is 35.6. The van der Waals surface area contributed by atoms with Gasteiger partial charge in [0.2, 0.25) is 0 Å². The van der Waals surface area contributed by atoms with E-state index in [2.05, 4.69) is 91.0 Å². The first-order chi connectivity index (χ1) is 35.4. The molecule has 0 N–H and O–H groups in total. The highest BCUT2D eigenvalue weighted by Crippen LogP contribution is 2.44. The van der Waals surface area contributed by atoms with Gasteiger partial charge in [0.1, 0.15) is 0 Å². The smallest absolute Gasteiger partial charge is 0.179 e. The summed E-state index contributed by atoms with van der Waals surface area (Å²) in [5.74, 6) is 0. The summed E-state index contributed by atoms with van der Waals surface area (Å²) in [6.07, 6.45) is 0. The minimum absolute atomic E-state index is 0.0902. The summed E-state index contributed by atoms with van der Waals surface area (Å²) in [5.41, 5.74) is 4.01. The highest BCUT2D eigenvalue weighted by molar-refractivity contribution is 7.26. The van der Waals surface area contributed by atoms with Crippen LogP contribution in [-0.2, 0) is 0 Å². The van der Waals surface area contributed by atoms with Gasteiger partial charge < -0.3 is 4.57 Å². The lowest BCUT2D eigenvalue weighted by Crippen LogP contribution is -2.74. The fourth-order valence-corrected chi connectivity index (χ4v) is 15.7. The lowest BCUT2D eigenvalue weighted by molar-refractivity contribution is 1.18. The summed E-state index contributed by atoms with van der Waals surface area (Å²) in [4.78, 5) is 0. The number of benzene rings is 10. The Hall–Kier alpha value is -7.56. The molecule has 0 aliphatic carbocycles. The van der Waals surface area contributed by atoms with Crippen molar-refractivity contribution in [1.29, 1.82) is 0 Å². The fraction of sp³-hybridized carbons (Fsp3) is 0. The molecule has 0 radical (unpaired) electrons. The average Bonchev–Trinajstić information content (AvgIpc) is 3.98. The van der Waals surface area contributed by atoms with Gasteiger partial charge in [-0.25, -0.2) is 0 Å². The van der Waals surface area contributed by atoms with Gasteiger partial charge in [-0.2, -0.15) is 0 Å². The molecule has 0 fully saturated rings. The first-order valence-electron chi connectivity index (χ1n) is 25.9. The molecule has 0 saturated heterocycles. The van der Waals surface area contributed by atoms with Crippen molar-refractivity contribution in [2.24, 2.45) is 0 Å². The van der Waals surface area contributed by atoms with Gasteiger partial charge in [0.25, 0.3) is 0 Å². The van der Waals surface area contributed by atoms with E-state index >= 15 is 0 Å². The van der Waals surface area contributed by atoms with Crippen molar-refractivity contribution in [3.8, 4) is 39.1 Å². The molecule has 296 valence electrons. The van der Waals surface area contributed by atoms with Crippen LogP contribution < -0.4 is 20.7 Å². The largest absolute Gasteiger partial charge is 0.308 e. The number of fused-ring (bicyclic) bond motifs is 6. The standard InChI is InChI=1S/C60H41NSSi/c1-6-21-42(22-7-1)53-40-48(63(45-25-10-3-11-26-45,46-27-12-4-13-28-46)47-29-14-5-15-30-47)41-54(43-23-8-2-9-24-43)59(53)61-56-35-18-16-31-50(56)55-39-44(37-38-57(55)61)49-33-20-34-52-51-32-17-19-36-58(51)62-60(49)52/h1-41H/i1D,2D,6D,7D,8D,9D,21D,22D,23D,24D. The summed E-state index contributed by atoms with van der Waals surface area (Å²) in [7, 11) is -3.58. The highest BCUT2D eigenvalue weighted by atomic mass is 32.1. The molecule has 0 spiro atoms. The van der Waals surface area contributed by atoms with Crippen molar-refractivity contribution in [3.63, 3.8) is 0 Å². The van der Waals surface area contributed by atoms with E-state index in [1.54, 1.807) is 11.3 Å². The molecule has 2 aromatic heterocycles. The minimum atomic E-state index is -3.58. The second-order valence-corrected chi connectivity index (χ2v) is 20.5. The van der Waals surface area contributed by atoms with E-state index in [9.17, 15) is 5.48 Å². The maximum Gasteiger partial charge on any atom is 0.179 e. The van der Waals surface area contributed by atoms with Crippen LogP contribution in [-0.4, -0.2) is 12.6 Å². The molecule has 2 heterocycles. The van der Waals surface area contributed by atoms with Crippen molar-refractivity contribution in [3.05, 3.63) is 248 Å². The SMILES string of the molecule is [2H]c1c([2H])c([2H])c(-c2cc([Si](c3ccccc3)(c3ccccc3)c3ccccc3)cc(-c3c([2H])c([2H])c([2H])c([2H])c3[2H])c2-n2c3ccccc3c3cc(-c4cccc5c4sc4ccccc45)ccc32)c([2H])c1[2H]. The average molecular weight is 846 g/mol. The van der Waals surface area contributed by atoms with E-state index in [0.717, 1.165) is 47.5 Å². The van der Waals surface area contributed by atoms with Gasteiger partial charge in [-0.05, 0) is 67.3 Å². The van der Waals surface area contributed by atoms with Gasteiger partial charge in [0.15, 0.2) is 8.07 Å². The van der Waals surface area contributed by atoms with E-state index in [0.29, 0.717) is 21.9 Å². The van der Waals surface area contributed by atoms with Gasteiger partial charge >= 0.3 is 0 Å². The summed E-state index contributed by atoms with van der Waals surface area (Å²) in [5, 5.41) is 7.66. The summed E-state index contributed by atoms with van der Waals surface area (Å²) in [6, 6.07) is 58.0. The molecule has 0 amide bonds. The van der Waals surface area contributed by atoms with Crippen molar-refractivity contribution in [2.45, 2.75) is 0 Å². The van der Waals surface area contributed by atoms with Gasteiger partial charge in [-0.1, -0.05) is 224 Å². The number of hydrogen-bond donors (Lipinski definition) is 0. The molecular formula is C60H41NSSi. The molecule has 0 aliphatic heterocycles. The van der Waals surface area contributed by atoms with Crippen molar-refractivity contribution < 1.29 is 13.7 Å². The summed E-state index contributed by atoms with van der Waals surface area (Å²) >= 11 is 1.74. The van der Waals surface area contributed by atoms with E-state index in [-0.39, 0.29) is 22.3 Å². The van der Waals surface area contributed by atoms with Crippen LogP contribution in [0.5, 0.6) is 0 Å². The van der Waals surface area contributed by atoms with Crippen LogP contribution in [0.15, 0.2) is 248 Å². The number of nitrogens with zero attached hydrogens (tertiary/aromatic N) is 1. The van der Waals surface area contributed by atoms with Gasteiger partial charge in [0.05, 0.1) is 30.4 Å². The molecule has 1 nitrogen and oxygen atoms in total. The molecule has 0 atom stereocenters. The second kappa shape index (κ2) is 15.4. The van der Waals surface area contributed by atoms with E-state index in [4.69, 9.17) is 8.22 Å². The molecule has 10 aromatic carbocycles. The van der Waals surface area contributed by atoms with E-state index < -0.39 is 68.5 Å². The molecule has 12 rings (SSSR count). The van der Waals surface area contributed by atoms with Crippen molar-refractivity contribution in [2.75, 3.05) is 0 Å². The maximum absolute atomic E-state index is 9.70. The van der Waals surface area contributed by atoms with Gasteiger partial charge in [-0.3, -0.25) is 0 Å². The maximum atomic E-state index is 9.70. The minimum Gasteiger partial charge on any atom is -0.308 e. The van der Waals surface area contributed by atoms with Crippen LogP contribution in [0, 0.1) is 0 Å². The number of para-hydroxylation sites is 1. The molecular weight excluding hydrogens is 795 g/mol. The Morgan fingerprint density at radius 3 is 1.48 bits per heavy atom. The molecule has 12 aromatic rings. The van der Waals surface area contributed by atoms with Crippen LogP contribution in [0.25, 0.3) is 81.0 Å². The van der Waals surface area contributed by atoms with Crippen LogP contribution in [0.4, 0.5) is 0 Å². The summed E-state index contributed by atoms with van der Waals surface area (Å²) in [6.45, 7) is 0. The van der Waals surface area contributed by atoms with Crippen LogP contribution in [0.3, 0.4) is 0 Å². The number of hydrogen-bond acceptors (Lipinski definition) is 1. The van der Waals surface area contributed by atoms with E-state index in [1.807, 2.05) is 102 Å². The zero-order valence-electron chi connectivity index (χ0n) is 43.8. The molecule has 0 saturated carbocycles. The third-order valence-corrected chi connectivity index (χ3v) is 18.3. The zero-order chi connectivity index (χ0) is 50.4. The lowest BCUT2D eigenvalue weighted by Gasteiger charge is -2.36.